The zero-order valence-electron chi connectivity index (χ0n) is 22.4. The van der Waals surface area contributed by atoms with Crippen molar-refractivity contribution < 1.29 is 40.7 Å². The van der Waals surface area contributed by atoms with Crippen molar-refractivity contribution in [1.82, 2.24) is 5.32 Å². The maximum atomic E-state index is 14.1. The monoisotopic (exact) mass is 599 g/mol. The van der Waals surface area contributed by atoms with Crippen LogP contribution in [0.15, 0.2) is 60.2 Å². The Morgan fingerprint density at radius 1 is 0.977 bits per heavy atom. The fourth-order valence-electron chi connectivity index (χ4n) is 6.03. The summed E-state index contributed by atoms with van der Waals surface area (Å²) >= 11 is 0. The standard InChI is InChI=1S/C31H23F6N3O3/c1-43-26-13-25(34)24(33)12-21(26)29(41)40-28-19-7-6-18(20(19)10-15-3-2-4-16(9-15)14-38)27(28)30(42)39-17-5-8-23(32)22(11-17)31(35,36)37/h2-5,8-13,18-19,27-28H,6-7H2,1H3,(H,39,42)(H,40,41)/b20-10-/t18?,19?,27-,28+/m0/s1. The van der Waals surface area contributed by atoms with Gasteiger partial charge in [0.05, 0.1) is 35.8 Å². The highest BCUT2D eigenvalue weighted by Crippen LogP contribution is 2.53. The molecule has 3 aromatic carbocycles. The van der Waals surface area contributed by atoms with E-state index >= 15 is 0 Å². The van der Waals surface area contributed by atoms with Crippen LogP contribution in [0.4, 0.5) is 32.0 Å². The first-order chi connectivity index (χ1) is 20.4. The highest BCUT2D eigenvalue weighted by molar-refractivity contribution is 5.99. The number of anilines is 1. The number of benzene rings is 3. The molecule has 2 aliphatic carbocycles. The van der Waals surface area contributed by atoms with Gasteiger partial charge in [-0.3, -0.25) is 9.59 Å². The SMILES string of the molecule is COc1cc(F)c(F)cc1C(=O)N[C@@H]1C2CCC(/C2=C/c2cccc(C#N)c2)[C@@H]1C(=O)Nc1ccc(F)c(C(F)(F)F)c1. The second-order valence-corrected chi connectivity index (χ2v) is 10.3. The van der Waals surface area contributed by atoms with Crippen LogP contribution >= 0.6 is 0 Å². The predicted molar refractivity (Wildman–Crippen MR) is 143 cm³/mol. The minimum absolute atomic E-state index is 0.240. The van der Waals surface area contributed by atoms with Crippen molar-refractivity contribution in [2.45, 2.75) is 25.1 Å². The number of carbonyl (C=O) groups is 2. The average Bonchev–Trinajstić information content (AvgIpc) is 3.48. The summed E-state index contributed by atoms with van der Waals surface area (Å²) in [5.41, 5.74) is -0.293. The lowest BCUT2D eigenvalue weighted by Crippen LogP contribution is -2.48. The predicted octanol–water partition coefficient (Wildman–Crippen LogP) is 6.48. The maximum absolute atomic E-state index is 14.1. The van der Waals surface area contributed by atoms with E-state index in [1.165, 1.54) is 7.11 Å². The number of fused-ring (bicyclic) bond motifs is 2. The molecule has 2 fully saturated rings. The van der Waals surface area contributed by atoms with Gasteiger partial charge < -0.3 is 15.4 Å². The number of nitriles is 1. The summed E-state index contributed by atoms with van der Waals surface area (Å²) in [6.45, 7) is 0. The summed E-state index contributed by atoms with van der Waals surface area (Å²) in [6.07, 6.45) is -2.12. The normalized spacial score (nSPS) is 21.9. The Labute approximate surface area is 242 Å². The number of hydrogen-bond acceptors (Lipinski definition) is 4. The number of nitrogens with zero attached hydrogens (tertiary/aromatic N) is 1. The van der Waals surface area contributed by atoms with Crippen molar-refractivity contribution in [3.8, 4) is 11.8 Å². The maximum Gasteiger partial charge on any atom is 0.419 e. The van der Waals surface area contributed by atoms with Gasteiger partial charge in [0, 0.05) is 23.7 Å². The lowest BCUT2D eigenvalue weighted by molar-refractivity contribution is -0.140. The van der Waals surface area contributed by atoms with Crippen molar-refractivity contribution in [2.24, 2.45) is 17.8 Å². The van der Waals surface area contributed by atoms with E-state index in [-0.39, 0.29) is 17.0 Å². The van der Waals surface area contributed by atoms with E-state index in [4.69, 9.17) is 4.74 Å². The molecule has 12 heteroatoms. The Hall–Kier alpha value is -4.79. The van der Waals surface area contributed by atoms with E-state index in [1.807, 2.05) is 12.1 Å². The van der Waals surface area contributed by atoms with Crippen molar-refractivity contribution in [3.05, 3.63) is 99.9 Å². The zero-order valence-corrected chi connectivity index (χ0v) is 22.4. The van der Waals surface area contributed by atoms with Crippen LogP contribution in [-0.4, -0.2) is 25.0 Å². The van der Waals surface area contributed by atoms with Crippen molar-refractivity contribution in [1.29, 1.82) is 5.26 Å². The molecule has 2 amide bonds. The molecule has 4 atom stereocenters. The van der Waals surface area contributed by atoms with Crippen LogP contribution in [0.3, 0.4) is 0 Å². The van der Waals surface area contributed by atoms with Crippen LogP contribution in [-0.2, 0) is 11.0 Å². The van der Waals surface area contributed by atoms with Crippen molar-refractivity contribution in [2.75, 3.05) is 12.4 Å². The molecular formula is C31H23F6N3O3. The summed E-state index contributed by atoms with van der Waals surface area (Å²) in [4.78, 5) is 27.0. The van der Waals surface area contributed by atoms with E-state index in [1.54, 1.807) is 24.3 Å². The minimum Gasteiger partial charge on any atom is -0.496 e. The van der Waals surface area contributed by atoms with Crippen LogP contribution in [0, 0.1) is 46.5 Å². The molecular weight excluding hydrogens is 576 g/mol. The largest absolute Gasteiger partial charge is 0.496 e. The quantitative estimate of drug-likeness (QED) is 0.318. The van der Waals surface area contributed by atoms with Gasteiger partial charge in [-0.1, -0.05) is 23.8 Å². The summed E-state index contributed by atoms with van der Waals surface area (Å²) in [5.74, 6) is -7.65. The van der Waals surface area contributed by atoms with E-state index in [9.17, 15) is 41.2 Å². The number of rotatable bonds is 6. The van der Waals surface area contributed by atoms with Gasteiger partial charge in [0.2, 0.25) is 5.91 Å². The van der Waals surface area contributed by atoms with Gasteiger partial charge in [-0.05, 0) is 60.7 Å². The molecule has 222 valence electrons. The Balaban J connectivity index is 1.51. The number of alkyl halides is 3. The third kappa shape index (κ3) is 5.80. The fourth-order valence-corrected chi connectivity index (χ4v) is 6.03. The molecule has 0 saturated heterocycles. The molecule has 0 radical (unpaired) electrons. The molecule has 2 saturated carbocycles. The molecule has 2 bridgehead atoms. The van der Waals surface area contributed by atoms with Crippen LogP contribution in [0.1, 0.15) is 39.9 Å². The van der Waals surface area contributed by atoms with Gasteiger partial charge in [-0.25, -0.2) is 13.2 Å². The lowest BCUT2D eigenvalue weighted by atomic mass is 9.83. The Kier molecular flexibility index (Phi) is 7.92. The van der Waals surface area contributed by atoms with Crippen LogP contribution in [0.2, 0.25) is 0 Å². The molecule has 2 aliphatic rings. The van der Waals surface area contributed by atoms with Gasteiger partial charge in [-0.2, -0.15) is 18.4 Å². The molecule has 0 aliphatic heterocycles. The first-order valence-corrected chi connectivity index (χ1v) is 13.1. The lowest BCUT2D eigenvalue weighted by Gasteiger charge is -2.30. The van der Waals surface area contributed by atoms with Crippen LogP contribution in [0.25, 0.3) is 6.08 Å². The highest BCUT2D eigenvalue weighted by atomic mass is 19.4. The number of amides is 2. The van der Waals surface area contributed by atoms with Crippen LogP contribution < -0.4 is 15.4 Å². The Morgan fingerprint density at radius 3 is 2.40 bits per heavy atom. The first kappa shape index (κ1) is 29.7. The molecule has 2 unspecified atom stereocenters. The third-order valence-corrected chi connectivity index (χ3v) is 7.87. The Bertz CT molecular complexity index is 1680. The molecule has 0 heterocycles. The highest BCUT2D eigenvalue weighted by Gasteiger charge is 2.54. The number of methoxy groups -OCH3 is 1. The summed E-state index contributed by atoms with van der Waals surface area (Å²) in [5, 5.41) is 14.5. The number of carbonyl (C=O) groups excluding carboxylic acids is 2. The van der Waals surface area contributed by atoms with E-state index in [0.29, 0.717) is 42.2 Å². The summed E-state index contributed by atoms with van der Waals surface area (Å²) in [7, 11) is 1.17. The molecule has 3 aromatic rings. The Morgan fingerprint density at radius 2 is 1.70 bits per heavy atom. The number of nitrogens with one attached hydrogen (secondary N) is 2. The van der Waals surface area contributed by atoms with Gasteiger partial charge in [0.25, 0.3) is 5.91 Å². The molecule has 0 aromatic heterocycles. The number of halogens is 6. The van der Waals surface area contributed by atoms with Gasteiger partial charge >= 0.3 is 6.18 Å². The topological polar surface area (TPSA) is 91.2 Å². The first-order valence-electron chi connectivity index (χ1n) is 13.1. The number of ether oxygens (including phenoxy) is 1. The van der Waals surface area contributed by atoms with Gasteiger partial charge in [0.15, 0.2) is 11.6 Å². The average molecular weight is 600 g/mol. The molecule has 6 nitrogen and oxygen atoms in total. The van der Waals surface area contributed by atoms with Gasteiger partial charge in [0.1, 0.15) is 11.6 Å². The molecule has 2 N–H and O–H groups in total. The molecule has 0 spiro atoms. The van der Waals surface area contributed by atoms with E-state index < -0.39 is 64.8 Å². The second kappa shape index (κ2) is 11.5. The van der Waals surface area contributed by atoms with Crippen LogP contribution in [0.5, 0.6) is 5.75 Å². The summed E-state index contributed by atoms with van der Waals surface area (Å²) in [6, 6.07) is 11.4. The zero-order chi connectivity index (χ0) is 31.1. The third-order valence-electron chi connectivity index (χ3n) is 7.87. The van der Waals surface area contributed by atoms with E-state index in [0.717, 1.165) is 17.7 Å². The second-order valence-electron chi connectivity index (χ2n) is 10.3. The van der Waals surface area contributed by atoms with E-state index in [2.05, 4.69) is 10.6 Å². The van der Waals surface area contributed by atoms with Crippen molar-refractivity contribution in [3.63, 3.8) is 0 Å². The fraction of sp³-hybridized carbons (Fsp3) is 0.258. The molecule has 43 heavy (non-hydrogen) atoms. The van der Waals surface area contributed by atoms with Crippen molar-refractivity contribution >= 4 is 23.6 Å². The van der Waals surface area contributed by atoms with Gasteiger partial charge in [-0.15, -0.1) is 0 Å². The minimum atomic E-state index is -4.99. The smallest absolute Gasteiger partial charge is 0.419 e. The summed E-state index contributed by atoms with van der Waals surface area (Å²) < 4.78 is 86.6. The molecule has 5 rings (SSSR count). The number of hydrogen-bond donors (Lipinski definition) is 2.